The third kappa shape index (κ3) is 1.48. The van der Waals surface area contributed by atoms with Crippen molar-refractivity contribution in [1.29, 1.82) is 0 Å². The number of carbonyl (C=O) groups is 1. The second-order valence-electron chi connectivity index (χ2n) is 2.72. The quantitative estimate of drug-likeness (QED) is 0.608. The summed E-state index contributed by atoms with van der Waals surface area (Å²) in [5, 5.41) is 8.60. The van der Waals surface area contributed by atoms with Crippen molar-refractivity contribution in [2.75, 3.05) is 19.6 Å². The second-order valence-corrected chi connectivity index (χ2v) is 2.72. The van der Waals surface area contributed by atoms with Crippen molar-refractivity contribution in [3.8, 4) is 0 Å². The minimum absolute atomic E-state index is 0.111. The van der Waals surface area contributed by atoms with Crippen molar-refractivity contribution in [2.24, 2.45) is 5.92 Å². The lowest BCUT2D eigenvalue weighted by Gasteiger charge is -2.10. The van der Waals surface area contributed by atoms with Crippen LogP contribution in [0.25, 0.3) is 0 Å². The van der Waals surface area contributed by atoms with E-state index in [2.05, 4.69) is 11.8 Å². The molecule has 1 fully saturated rings. The molecule has 0 radical (unpaired) electrons. The lowest BCUT2D eigenvalue weighted by molar-refractivity contribution is -0.141. The Hall–Kier alpha value is -0.570. The van der Waals surface area contributed by atoms with Crippen LogP contribution in [0.4, 0.5) is 0 Å². The third-order valence-corrected chi connectivity index (χ3v) is 2.07. The molecule has 1 aliphatic rings. The van der Waals surface area contributed by atoms with Gasteiger partial charge in [0.2, 0.25) is 0 Å². The van der Waals surface area contributed by atoms with E-state index in [9.17, 15) is 4.79 Å². The number of nitrogens with zero attached hydrogens (tertiary/aromatic N) is 1. The summed E-state index contributed by atoms with van der Waals surface area (Å²) in [5.41, 5.74) is 0. The zero-order chi connectivity index (χ0) is 7.56. The van der Waals surface area contributed by atoms with Gasteiger partial charge >= 0.3 is 5.97 Å². The van der Waals surface area contributed by atoms with E-state index in [1.807, 2.05) is 0 Å². The molecule has 1 heterocycles. The van der Waals surface area contributed by atoms with Crippen LogP contribution in [-0.4, -0.2) is 35.6 Å². The van der Waals surface area contributed by atoms with Crippen LogP contribution in [0.5, 0.6) is 0 Å². The average molecular weight is 143 g/mol. The van der Waals surface area contributed by atoms with Gasteiger partial charge in [-0.2, -0.15) is 0 Å². The SMILES string of the molecule is CCN1CC[C@@H](C(=O)O)C1. The summed E-state index contributed by atoms with van der Waals surface area (Å²) in [6, 6.07) is 0. The van der Waals surface area contributed by atoms with Crippen LogP contribution >= 0.6 is 0 Å². The van der Waals surface area contributed by atoms with Gasteiger partial charge in [0.1, 0.15) is 0 Å². The van der Waals surface area contributed by atoms with Crippen LogP contribution in [0, 0.1) is 5.92 Å². The van der Waals surface area contributed by atoms with Crippen LogP contribution in [0.15, 0.2) is 0 Å². The second kappa shape index (κ2) is 3.01. The van der Waals surface area contributed by atoms with Crippen LogP contribution in [-0.2, 0) is 4.79 Å². The fourth-order valence-corrected chi connectivity index (χ4v) is 1.32. The van der Waals surface area contributed by atoms with E-state index in [0.717, 1.165) is 26.1 Å². The molecular formula is C7H13NO2. The number of hydrogen-bond donors (Lipinski definition) is 1. The van der Waals surface area contributed by atoms with Crippen molar-refractivity contribution in [3.63, 3.8) is 0 Å². The predicted molar refractivity (Wildman–Crippen MR) is 37.9 cm³/mol. The highest BCUT2D eigenvalue weighted by atomic mass is 16.4. The highest BCUT2D eigenvalue weighted by Gasteiger charge is 2.26. The Labute approximate surface area is 60.6 Å². The topological polar surface area (TPSA) is 40.5 Å². The van der Waals surface area contributed by atoms with Crippen LogP contribution in [0.3, 0.4) is 0 Å². The molecule has 1 N–H and O–H groups in total. The van der Waals surface area contributed by atoms with Gasteiger partial charge < -0.3 is 10.0 Å². The van der Waals surface area contributed by atoms with Gasteiger partial charge in [-0.05, 0) is 19.5 Å². The Morgan fingerprint density at radius 2 is 2.50 bits per heavy atom. The zero-order valence-corrected chi connectivity index (χ0v) is 6.21. The van der Waals surface area contributed by atoms with Crippen molar-refractivity contribution in [1.82, 2.24) is 4.90 Å². The first-order chi connectivity index (χ1) is 4.74. The molecule has 1 aliphatic heterocycles. The first-order valence-electron chi connectivity index (χ1n) is 3.69. The van der Waals surface area contributed by atoms with Gasteiger partial charge in [-0.15, -0.1) is 0 Å². The smallest absolute Gasteiger partial charge is 0.307 e. The fourth-order valence-electron chi connectivity index (χ4n) is 1.32. The lowest BCUT2D eigenvalue weighted by Crippen LogP contribution is -2.22. The van der Waals surface area contributed by atoms with Gasteiger partial charge in [0.05, 0.1) is 5.92 Å². The molecule has 1 saturated heterocycles. The summed E-state index contributed by atoms with van der Waals surface area (Å²) in [4.78, 5) is 12.6. The highest BCUT2D eigenvalue weighted by molar-refractivity contribution is 5.70. The van der Waals surface area contributed by atoms with Crippen molar-refractivity contribution < 1.29 is 9.90 Å². The number of rotatable bonds is 2. The van der Waals surface area contributed by atoms with Gasteiger partial charge in [-0.3, -0.25) is 4.79 Å². The summed E-state index contributed by atoms with van der Waals surface area (Å²) in [6.07, 6.45) is 0.823. The van der Waals surface area contributed by atoms with E-state index in [1.54, 1.807) is 0 Å². The first-order valence-corrected chi connectivity index (χ1v) is 3.69. The number of likely N-dealkylation sites (tertiary alicyclic amines) is 1. The van der Waals surface area contributed by atoms with E-state index in [0.29, 0.717) is 0 Å². The molecule has 1 atom stereocenters. The molecule has 0 aliphatic carbocycles. The van der Waals surface area contributed by atoms with E-state index in [4.69, 9.17) is 5.11 Å². The maximum atomic E-state index is 10.4. The molecular weight excluding hydrogens is 130 g/mol. The summed E-state index contributed by atoms with van der Waals surface area (Å²) in [5.74, 6) is -0.754. The maximum absolute atomic E-state index is 10.4. The summed E-state index contributed by atoms with van der Waals surface area (Å²) in [6.45, 7) is 4.73. The van der Waals surface area contributed by atoms with E-state index < -0.39 is 5.97 Å². The maximum Gasteiger partial charge on any atom is 0.307 e. The first kappa shape index (κ1) is 7.54. The fraction of sp³-hybridized carbons (Fsp3) is 0.857. The van der Waals surface area contributed by atoms with Gasteiger partial charge in [0.25, 0.3) is 0 Å². The van der Waals surface area contributed by atoms with Gasteiger partial charge in [-0.1, -0.05) is 6.92 Å². The molecule has 0 unspecified atom stereocenters. The minimum Gasteiger partial charge on any atom is -0.481 e. The average Bonchev–Trinajstić information content (AvgIpc) is 2.34. The van der Waals surface area contributed by atoms with E-state index in [-0.39, 0.29) is 5.92 Å². The standard InChI is InChI=1S/C7H13NO2/c1-2-8-4-3-6(5-8)7(9)10/h6H,2-5H2,1H3,(H,9,10)/t6-/m1/s1. The Morgan fingerprint density at radius 1 is 1.80 bits per heavy atom. The molecule has 0 aromatic rings. The van der Waals surface area contributed by atoms with Crippen molar-refractivity contribution in [2.45, 2.75) is 13.3 Å². The molecule has 0 aromatic heterocycles. The number of aliphatic carboxylic acids is 1. The summed E-state index contributed by atoms with van der Waals surface area (Å²) >= 11 is 0. The molecule has 3 heteroatoms. The largest absolute Gasteiger partial charge is 0.481 e. The molecule has 0 saturated carbocycles. The molecule has 0 spiro atoms. The van der Waals surface area contributed by atoms with Crippen molar-refractivity contribution >= 4 is 5.97 Å². The number of hydrogen-bond acceptors (Lipinski definition) is 2. The van der Waals surface area contributed by atoms with Gasteiger partial charge in [0, 0.05) is 6.54 Å². The highest BCUT2D eigenvalue weighted by Crippen LogP contribution is 2.14. The van der Waals surface area contributed by atoms with Gasteiger partial charge in [-0.25, -0.2) is 0 Å². The zero-order valence-electron chi connectivity index (χ0n) is 6.21. The molecule has 0 bridgehead atoms. The Kier molecular flexibility index (Phi) is 2.27. The Morgan fingerprint density at radius 3 is 2.80 bits per heavy atom. The number of carboxylic acids is 1. The van der Waals surface area contributed by atoms with E-state index >= 15 is 0 Å². The number of carboxylic acid groups (broad SMARTS) is 1. The van der Waals surface area contributed by atoms with Gasteiger partial charge in [0.15, 0.2) is 0 Å². The molecule has 0 amide bonds. The molecule has 58 valence electrons. The molecule has 1 rings (SSSR count). The van der Waals surface area contributed by atoms with Crippen LogP contribution < -0.4 is 0 Å². The van der Waals surface area contributed by atoms with Crippen molar-refractivity contribution in [3.05, 3.63) is 0 Å². The van der Waals surface area contributed by atoms with Crippen LogP contribution in [0.1, 0.15) is 13.3 Å². The van der Waals surface area contributed by atoms with E-state index in [1.165, 1.54) is 0 Å². The minimum atomic E-state index is -0.643. The Balaban J connectivity index is 2.35. The third-order valence-electron chi connectivity index (χ3n) is 2.07. The normalized spacial score (nSPS) is 27.1. The lowest BCUT2D eigenvalue weighted by atomic mass is 10.1. The molecule has 3 nitrogen and oxygen atoms in total. The molecule has 0 aromatic carbocycles. The summed E-state index contributed by atoms with van der Waals surface area (Å²) in [7, 11) is 0. The summed E-state index contributed by atoms with van der Waals surface area (Å²) < 4.78 is 0. The van der Waals surface area contributed by atoms with Crippen LogP contribution in [0.2, 0.25) is 0 Å². The monoisotopic (exact) mass is 143 g/mol. The Bertz CT molecular complexity index is 136. The predicted octanol–water partition coefficient (Wildman–Crippen LogP) is 0.413. The molecule has 10 heavy (non-hydrogen) atoms.